The predicted octanol–water partition coefficient (Wildman–Crippen LogP) is 10.3. The third-order valence-corrected chi connectivity index (χ3v) is 7.91. The topological polar surface area (TPSA) is 127 Å². The van der Waals surface area contributed by atoms with Gasteiger partial charge in [-0.3, -0.25) is 0 Å². The summed E-state index contributed by atoms with van der Waals surface area (Å²) in [5.74, 6) is 0. The van der Waals surface area contributed by atoms with E-state index < -0.39 is 28.5 Å². The van der Waals surface area contributed by atoms with Crippen molar-refractivity contribution < 1.29 is 38.1 Å². The Bertz CT molecular complexity index is 1260. The molecule has 12 heteroatoms. The second-order valence-corrected chi connectivity index (χ2v) is 18.3. The number of benzene rings is 1. The number of amides is 4. The van der Waals surface area contributed by atoms with Crippen molar-refractivity contribution in [3.63, 3.8) is 0 Å². The molecular weight excluding hydrogens is 700 g/mol. The van der Waals surface area contributed by atoms with E-state index in [1.54, 1.807) is 14.7 Å². The summed E-state index contributed by atoms with van der Waals surface area (Å²) in [6, 6.07) is 9.87. The lowest BCUT2D eigenvalue weighted by Gasteiger charge is -2.29. The summed E-state index contributed by atoms with van der Waals surface area (Å²) in [6.45, 7) is 26.1. The van der Waals surface area contributed by atoms with E-state index in [9.17, 15) is 19.2 Å². The van der Waals surface area contributed by atoms with Crippen molar-refractivity contribution in [1.82, 2.24) is 20.0 Å². The highest BCUT2D eigenvalue weighted by atomic mass is 16.6. The summed E-state index contributed by atoms with van der Waals surface area (Å²) in [5.41, 5.74) is -1.28. The number of unbranched alkanes of at least 4 members (excludes halogenated alkanes) is 7. The van der Waals surface area contributed by atoms with E-state index in [0.717, 1.165) is 63.4 Å². The van der Waals surface area contributed by atoms with Crippen LogP contribution >= 0.6 is 0 Å². The van der Waals surface area contributed by atoms with Crippen LogP contribution in [0.3, 0.4) is 0 Å². The first kappa shape index (κ1) is 49.3. The summed E-state index contributed by atoms with van der Waals surface area (Å²) in [5, 5.41) is 2.77. The first-order valence-electron chi connectivity index (χ1n) is 20.4. The van der Waals surface area contributed by atoms with Gasteiger partial charge in [0.1, 0.15) is 22.4 Å². The van der Waals surface area contributed by atoms with Gasteiger partial charge < -0.3 is 39.0 Å². The van der Waals surface area contributed by atoms with E-state index in [4.69, 9.17) is 18.9 Å². The fraction of sp³-hybridized carbons (Fsp3) is 0.767. The molecule has 1 N–H and O–H groups in total. The number of hydrogen-bond donors (Lipinski definition) is 1. The second kappa shape index (κ2) is 24.0. The van der Waals surface area contributed by atoms with E-state index in [2.05, 4.69) is 5.32 Å². The molecule has 0 saturated carbocycles. The van der Waals surface area contributed by atoms with Crippen molar-refractivity contribution in [3.05, 3.63) is 35.9 Å². The highest BCUT2D eigenvalue weighted by Gasteiger charge is 2.25. The quantitative estimate of drug-likeness (QED) is 0.0966. The predicted molar refractivity (Wildman–Crippen MR) is 219 cm³/mol. The monoisotopic (exact) mass is 777 g/mol. The Hall–Kier alpha value is -3.70. The Labute approximate surface area is 333 Å². The SMILES string of the molecule is CC(C)(C)OC(=O)NCCCCN(CCCCCCCCN(CCCCN(Cc1ccccc1)C(=O)OC(C)(C)C)C(=O)OC(C)(C)C)C(=O)OC(C)(C)C. The van der Waals surface area contributed by atoms with E-state index in [1.807, 2.05) is 113 Å². The van der Waals surface area contributed by atoms with E-state index >= 15 is 0 Å². The lowest BCUT2D eigenvalue weighted by atomic mass is 10.1. The molecule has 0 spiro atoms. The molecule has 12 nitrogen and oxygen atoms in total. The van der Waals surface area contributed by atoms with Crippen molar-refractivity contribution in [3.8, 4) is 0 Å². The zero-order valence-electron chi connectivity index (χ0n) is 36.5. The van der Waals surface area contributed by atoms with Crippen LogP contribution in [0.25, 0.3) is 0 Å². The van der Waals surface area contributed by atoms with Crippen molar-refractivity contribution in [2.45, 2.75) is 176 Å². The van der Waals surface area contributed by atoms with Gasteiger partial charge in [-0.05, 0) is 127 Å². The largest absolute Gasteiger partial charge is 0.444 e. The Morgan fingerprint density at radius 2 is 0.782 bits per heavy atom. The number of hydrogen-bond acceptors (Lipinski definition) is 8. The number of alkyl carbamates (subject to hydrolysis) is 1. The maximum atomic E-state index is 13.1. The lowest BCUT2D eigenvalue weighted by molar-refractivity contribution is 0.0199. The maximum absolute atomic E-state index is 13.1. The van der Waals surface area contributed by atoms with Crippen LogP contribution in [-0.4, -0.2) is 101 Å². The Morgan fingerprint density at radius 1 is 0.455 bits per heavy atom. The number of carbonyl (C=O) groups excluding carboxylic acids is 4. The molecule has 0 saturated heterocycles. The zero-order valence-corrected chi connectivity index (χ0v) is 36.5. The molecule has 0 aliphatic rings. The first-order chi connectivity index (χ1) is 25.4. The summed E-state index contributed by atoms with van der Waals surface area (Å²) in [6.07, 6.45) is 7.21. The Balaban J connectivity index is 2.59. The lowest BCUT2D eigenvalue weighted by Crippen LogP contribution is -2.39. The minimum Gasteiger partial charge on any atom is -0.444 e. The molecule has 0 atom stereocenters. The fourth-order valence-electron chi connectivity index (χ4n) is 5.46. The third-order valence-electron chi connectivity index (χ3n) is 7.91. The van der Waals surface area contributed by atoms with Crippen LogP contribution in [0.15, 0.2) is 30.3 Å². The minimum absolute atomic E-state index is 0.316. The van der Waals surface area contributed by atoms with Gasteiger partial charge in [0.25, 0.3) is 0 Å². The first-order valence-corrected chi connectivity index (χ1v) is 20.4. The summed E-state index contributed by atoms with van der Waals surface area (Å²) < 4.78 is 22.4. The standard InChI is InChI=1S/C43H76N4O8/c1-40(2,3)52-36(48)44-28-20-23-31-45(37(49)53-41(4,5)6)29-21-15-13-14-16-22-30-46(38(50)54-42(7,8)9)32-24-25-33-47(39(51)55-43(10,11)12)34-35-26-18-17-19-27-35/h17-19,26-27H,13-16,20-25,28-34H2,1-12H3,(H,44,48). The van der Waals surface area contributed by atoms with Crippen LogP contribution < -0.4 is 5.32 Å². The molecule has 0 heterocycles. The van der Waals surface area contributed by atoms with Gasteiger partial charge in [0.2, 0.25) is 0 Å². The maximum Gasteiger partial charge on any atom is 0.410 e. The molecular formula is C43H76N4O8. The third kappa shape index (κ3) is 26.7. The molecule has 1 aromatic carbocycles. The van der Waals surface area contributed by atoms with Gasteiger partial charge in [0, 0.05) is 45.8 Å². The average molecular weight is 777 g/mol. The normalized spacial score (nSPS) is 12.1. The van der Waals surface area contributed by atoms with Gasteiger partial charge in [-0.15, -0.1) is 0 Å². The molecule has 0 aliphatic carbocycles. The molecule has 316 valence electrons. The smallest absolute Gasteiger partial charge is 0.410 e. The molecule has 0 aromatic heterocycles. The minimum atomic E-state index is -0.595. The van der Waals surface area contributed by atoms with Crippen LogP contribution in [0.2, 0.25) is 0 Å². The van der Waals surface area contributed by atoms with E-state index in [-0.39, 0.29) is 18.3 Å². The highest BCUT2D eigenvalue weighted by Crippen LogP contribution is 2.17. The number of ether oxygens (including phenoxy) is 4. The summed E-state index contributed by atoms with van der Waals surface area (Å²) in [7, 11) is 0. The molecule has 0 aliphatic heterocycles. The average Bonchev–Trinajstić information content (AvgIpc) is 3.02. The molecule has 0 radical (unpaired) electrons. The van der Waals surface area contributed by atoms with Gasteiger partial charge in [-0.25, -0.2) is 19.2 Å². The molecule has 4 amide bonds. The second-order valence-electron chi connectivity index (χ2n) is 18.3. The molecule has 1 aromatic rings. The highest BCUT2D eigenvalue weighted by molar-refractivity contribution is 5.69. The van der Waals surface area contributed by atoms with Crippen molar-refractivity contribution in [1.29, 1.82) is 0 Å². The Kier molecular flexibility index (Phi) is 21.6. The molecule has 1 rings (SSSR count). The van der Waals surface area contributed by atoms with Crippen molar-refractivity contribution >= 4 is 24.4 Å². The van der Waals surface area contributed by atoms with Crippen LogP contribution in [-0.2, 0) is 25.5 Å². The molecule has 55 heavy (non-hydrogen) atoms. The fourth-order valence-corrected chi connectivity index (χ4v) is 5.46. The molecule has 0 fully saturated rings. The number of nitrogens with zero attached hydrogens (tertiary/aromatic N) is 3. The van der Waals surface area contributed by atoms with Crippen LogP contribution in [0.1, 0.15) is 153 Å². The van der Waals surface area contributed by atoms with Gasteiger partial charge in [-0.2, -0.15) is 0 Å². The van der Waals surface area contributed by atoms with Gasteiger partial charge in [0.15, 0.2) is 0 Å². The number of carbonyl (C=O) groups is 4. The van der Waals surface area contributed by atoms with Crippen LogP contribution in [0, 0.1) is 0 Å². The number of nitrogens with one attached hydrogen (secondary N) is 1. The van der Waals surface area contributed by atoms with E-state index in [0.29, 0.717) is 52.2 Å². The number of rotatable bonds is 21. The van der Waals surface area contributed by atoms with Crippen LogP contribution in [0.4, 0.5) is 19.2 Å². The van der Waals surface area contributed by atoms with Crippen molar-refractivity contribution in [2.24, 2.45) is 0 Å². The zero-order chi connectivity index (χ0) is 41.7. The molecule has 0 unspecified atom stereocenters. The van der Waals surface area contributed by atoms with Crippen molar-refractivity contribution in [2.75, 3.05) is 39.3 Å². The van der Waals surface area contributed by atoms with Gasteiger partial charge in [0.05, 0.1) is 0 Å². The summed E-state index contributed by atoms with van der Waals surface area (Å²) >= 11 is 0. The summed E-state index contributed by atoms with van der Waals surface area (Å²) in [4.78, 5) is 56.3. The van der Waals surface area contributed by atoms with Crippen LogP contribution in [0.5, 0.6) is 0 Å². The Morgan fingerprint density at radius 3 is 1.18 bits per heavy atom. The van der Waals surface area contributed by atoms with Gasteiger partial charge >= 0.3 is 24.4 Å². The van der Waals surface area contributed by atoms with E-state index in [1.165, 1.54) is 0 Å². The van der Waals surface area contributed by atoms with Gasteiger partial charge in [-0.1, -0.05) is 56.0 Å². The molecule has 0 bridgehead atoms.